The number of hydrogen-bond acceptors (Lipinski definition) is 3. The Kier molecular flexibility index (Phi) is 7.73. The number of aryl methyl sites for hydroxylation is 1. The summed E-state index contributed by atoms with van der Waals surface area (Å²) in [6.07, 6.45) is 0.932. The average Bonchev–Trinajstić information content (AvgIpc) is 2.82. The van der Waals surface area contributed by atoms with Crippen molar-refractivity contribution < 1.29 is 4.74 Å². The third-order valence-electron chi connectivity index (χ3n) is 5.89. The maximum absolute atomic E-state index is 13.1. The van der Waals surface area contributed by atoms with Crippen molar-refractivity contribution in [3.63, 3.8) is 0 Å². The van der Waals surface area contributed by atoms with E-state index in [1.54, 1.807) is 11.7 Å². The highest BCUT2D eigenvalue weighted by Gasteiger charge is 2.18. The normalized spacial score (nSPS) is 10.7. The largest absolute Gasteiger partial charge is 0.496 e. The zero-order valence-corrected chi connectivity index (χ0v) is 19.5. The second kappa shape index (κ2) is 10.5. The molecule has 0 amide bonds. The predicted octanol–water partition coefficient (Wildman–Crippen LogP) is 5.49. The number of hydrogen-bond donors (Lipinski definition) is 1. The number of nitrogens with zero attached hydrogens (tertiary/aromatic N) is 1. The third-order valence-corrected chi connectivity index (χ3v) is 5.89. The summed E-state index contributed by atoms with van der Waals surface area (Å²) in [5.74, 6) is 0.860. The molecule has 0 atom stereocenters. The quantitative estimate of drug-likeness (QED) is 0.406. The second-order valence-corrected chi connectivity index (χ2v) is 7.66. The molecular formula is C27H29ClN2O2. The average molecular weight is 449 g/mol. The van der Waals surface area contributed by atoms with Crippen LogP contribution in [-0.4, -0.2) is 11.7 Å². The molecule has 0 radical (unpaired) electrons. The van der Waals surface area contributed by atoms with Crippen LogP contribution in [-0.2, 0) is 26.6 Å². The topological polar surface area (TPSA) is 43.3 Å². The lowest BCUT2D eigenvalue weighted by Crippen LogP contribution is -2.26. The van der Waals surface area contributed by atoms with Gasteiger partial charge in [0.05, 0.1) is 7.11 Å². The van der Waals surface area contributed by atoms with Crippen molar-refractivity contribution in [1.29, 1.82) is 0 Å². The minimum atomic E-state index is 0. The lowest BCUT2D eigenvalue weighted by atomic mass is 9.92. The summed E-state index contributed by atoms with van der Waals surface area (Å²) in [5, 5.41) is 5.28. The summed E-state index contributed by atoms with van der Waals surface area (Å²) in [4.78, 5) is 13.1. The molecule has 0 aliphatic carbocycles. The number of methoxy groups -OCH3 is 1. The minimum Gasteiger partial charge on any atom is -0.496 e. The van der Waals surface area contributed by atoms with Crippen molar-refractivity contribution in [2.45, 2.75) is 26.4 Å². The molecule has 166 valence electrons. The lowest BCUT2D eigenvalue weighted by molar-refractivity contribution is 0.407. The lowest BCUT2D eigenvalue weighted by Gasteiger charge is -2.20. The van der Waals surface area contributed by atoms with Gasteiger partial charge in [0.15, 0.2) is 0 Å². The van der Waals surface area contributed by atoms with Crippen LogP contribution < -0.4 is 15.6 Å². The van der Waals surface area contributed by atoms with E-state index in [1.165, 1.54) is 11.1 Å². The molecule has 1 N–H and O–H groups in total. The van der Waals surface area contributed by atoms with Crippen LogP contribution in [0, 0.1) is 0 Å². The number of benzene rings is 3. The van der Waals surface area contributed by atoms with E-state index in [1.807, 2.05) is 43.4 Å². The first-order valence-electron chi connectivity index (χ1n) is 10.7. The van der Waals surface area contributed by atoms with Crippen LogP contribution in [0.5, 0.6) is 5.75 Å². The minimum absolute atomic E-state index is 0. The summed E-state index contributed by atoms with van der Waals surface area (Å²) in [6, 6.07) is 24.4. The molecule has 0 unspecified atom stereocenters. The predicted molar refractivity (Wildman–Crippen MR) is 135 cm³/mol. The van der Waals surface area contributed by atoms with E-state index in [4.69, 9.17) is 4.74 Å². The van der Waals surface area contributed by atoms with Crippen molar-refractivity contribution in [3.8, 4) is 16.9 Å². The van der Waals surface area contributed by atoms with Gasteiger partial charge in [-0.3, -0.25) is 4.79 Å². The van der Waals surface area contributed by atoms with Crippen molar-refractivity contribution in [2.24, 2.45) is 7.05 Å². The van der Waals surface area contributed by atoms with E-state index in [0.717, 1.165) is 39.8 Å². The molecule has 0 bridgehead atoms. The van der Waals surface area contributed by atoms with Crippen LogP contribution in [0.1, 0.15) is 23.7 Å². The molecule has 0 aliphatic heterocycles. The molecular weight excluding hydrogens is 420 g/mol. The van der Waals surface area contributed by atoms with E-state index in [2.05, 4.69) is 48.6 Å². The molecule has 5 heteroatoms. The third kappa shape index (κ3) is 4.43. The summed E-state index contributed by atoms with van der Waals surface area (Å²) >= 11 is 0. The number of halogens is 1. The molecule has 0 fully saturated rings. The Bertz CT molecular complexity index is 1280. The SMILES string of the molecule is CCc1ccccc1-c1c(CNCc2ccccc2OC)n(C)c(=O)c2ccccc12.Cl. The number of pyridine rings is 1. The van der Waals surface area contributed by atoms with Crippen LogP contribution >= 0.6 is 12.4 Å². The first-order valence-corrected chi connectivity index (χ1v) is 10.7. The Morgan fingerprint density at radius 1 is 0.844 bits per heavy atom. The van der Waals surface area contributed by atoms with Crippen LogP contribution in [0.2, 0.25) is 0 Å². The van der Waals surface area contributed by atoms with Gasteiger partial charge in [0.2, 0.25) is 0 Å². The van der Waals surface area contributed by atoms with Crippen LogP contribution in [0.4, 0.5) is 0 Å². The molecule has 0 saturated heterocycles. The van der Waals surface area contributed by atoms with Gasteiger partial charge in [-0.05, 0) is 35.1 Å². The van der Waals surface area contributed by atoms with E-state index < -0.39 is 0 Å². The zero-order valence-electron chi connectivity index (χ0n) is 18.7. The molecule has 1 aromatic heterocycles. The summed E-state index contributed by atoms with van der Waals surface area (Å²) < 4.78 is 7.27. The molecule has 0 saturated carbocycles. The number of aromatic nitrogens is 1. The van der Waals surface area contributed by atoms with E-state index >= 15 is 0 Å². The van der Waals surface area contributed by atoms with Crippen LogP contribution in [0.25, 0.3) is 21.9 Å². The molecule has 4 nitrogen and oxygen atoms in total. The Hall–Kier alpha value is -3.08. The van der Waals surface area contributed by atoms with Gasteiger partial charge < -0.3 is 14.6 Å². The van der Waals surface area contributed by atoms with Gasteiger partial charge in [-0.15, -0.1) is 12.4 Å². The van der Waals surface area contributed by atoms with Gasteiger partial charge in [-0.1, -0.05) is 67.6 Å². The van der Waals surface area contributed by atoms with Gasteiger partial charge in [0, 0.05) is 42.3 Å². The summed E-state index contributed by atoms with van der Waals surface area (Å²) in [5.41, 5.74) is 5.69. The molecule has 4 rings (SSSR count). The Morgan fingerprint density at radius 2 is 1.47 bits per heavy atom. The molecule has 4 aromatic rings. The smallest absolute Gasteiger partial charge is 0.258 e. The van der Waals surface area contributed by atoms with Gasteiger partial charge >= 0.3 is 0 Å². The Labute approximate surface area is 195 Å². The molecule has 32 heavy (non-hydrogen) atoms. The Morgan fingerprint density at radius 3 is 2.19 bits per heavy atom. The highest BCUT2D eigenvalue weighted by Crippen LogP contribution is 2.33. The van der Waals surface area contributed by atoms with Gasteiger partial charge in [-0.25, -0.2) is 0 Å². The first-order chi connectivity index (χ1) is 15.2. The maximum atomic E-state index is 13.1. The number of para-hydroxylation sites is 1. The molecule has 0 aliphatic rings. The van der Waals surface area contributed by atoms with Crippen molar-refractivity contribution in [1.82, 2.24) is 9.88 Å². The van der Waals surface area contributed by atoms with E-state index in [9.17, 15) is 4.79 Å². The monoisotopic (exact) mass is 448 g/mol. The Balaban J connectivity index is 0.00000289. The standard InChI is InChI=1S/C27H28N2O2.ClH/c1-4-19-11-5-7-13-21(19)26-22-14-8-9-15-23(22)27(30)29(2)24(26)18-28-17-20-12-6-10-16-25(20)31-3;/h5-16,28H,4,17-18H2,1-3H3;1H. The fraction of sp³-hybridized carbons (Fsp3) is 0.222. The molecule has 0 spiro atoms. The van der Waals surface area contributed by atoms with Crippen molar-refractivity contribution >= 4 is 23.2 Å². The molecule has 1 heterocycles. The zero-order chi connectivity index (χ0) is 21.8. The first kappa shape index (κ1) is 23.6. The fourth-order valence-corrected chi connectivity index (χ4v) is 4.26. The van der Waals surface area contributed by atoms with E-state index in [-0.39, 0.29) is 18.0 Å². The van der Waals surface area contributed by atoms with Crippen molar-refractivity contribution in [3.05, 3.63) is 100.0 Å². The number of nitrogens with one attached hydrogen (secondary N) is 1. The highest BCUT2D eigenvalue weighted by atomic mass is 35.5. The van der Waals surface area contributed by atoms with Gasteiger partial charge in [-0.2, -0.15) is 0 Å². The molecule has 3 aromatic carbocycles. The van der Waals surface area contributed by atoms with Gasteiger partial charge in [0.25, 0.3) is 5.56 Å². The van der Waals surface area contributed by atoms with E-state index in [0.29, 0.717) is 13.1 Å². The van der Waals surface area contributed by atoms with Crippen LogP contribution in [0.3, 0.4) is 0 Å². The van der Waals surface area contributed by atoms with Gasteiger partial charge in [0.1, 0.15) is 5.75 Å². The summed E-state index contributed by atoms with van der Waals surface area (Å²) in [6.45, 7) is 3.39. The number of rotatable bonds is 7. The summed E-state index contributed by atoms with van der Waals surface area (Å²) in [7, 11) is 3.55. The fourth-order valence-electron chi connectivity index (χ4n) is 4.26. The number of fused-ring (bicyclic) bond motifs is 1. The van der Waals surface area contributed by atoms with Crippen molar-refractivity contribution in [2.75, 3.05) is 7.11 Å². The second-order valence-electron chi connectivity index (χ2n) is 7.66. The highest BCUT2D eigenvalue weighted by molar-refractivity contribution is 5.98. The maximum Gasteiger partial charge on any atom is 0.258 e. The van der Waals surface area contributed by atoms with Crippen LogP contribution in [0.15, 0.2) is 77.6 Å². The number of ether oxygens (including phenoxy) is 1.